The lowest BCUT2D eigenvalue weighted by atomic mass is 10.2. The van der Waals surface area contributed by atoms with Gasteiger partial charge in [-0.25, -0.2) is 4.98 Å². The van der Waals surface area contributed by atoms with E-state index in [0.717, 1.165) is 16.8 Å². The summed E-state index contributed by atoms with van der Waals surface area (Å²) in [6, 6.07) is 24.2. The van der Waals surface area contributed by atoms with Crippen LogP contribution in [0, 0.1) is 23.3 Å². The molecule has 0 spiro atoms. The maximum absolute atomic E-state index is 4.51. The Balaban J connectivity index is 1.95. The molecule has 0 aliphatic heterocycles. The zero-order chi connectivity index (χ0) is 17.5. The van der Waals surface area contributed by atoms with Gasteiger partial charge in [-0.05, 0) is 41.4 Å². The Morgan fingerprint density at radius 2 is 1.28 bits per heavy atom. The number of pyridine rings is 1. The molecule has 0 bridgehead atoms. The van der Waals surface area contributed by atoms with Crippen molar-refractivity contribution in [3.05, 3.63) is 95.8 Å². The molecule has 1 nitrogen and oxygen atoms in total. The maximum atomic E-state index is 4.51. The van der Waals surface area contributed by atoms with Crippen LogP contribution in [-0.4, -0.2) is 13.1 Å². The largest absolute Gasteiger partial charge is 0.248 e. The van der Waals surface area contributed by atoms with Gasteiger partial charge in [-0.3, -0.25) is 0 Å². The van der Waals surface area contributed by atoms with E-state index in [0.29, 0.717) is 0 Å². The van der Waals surface area contributed by atoms with E-state index in [-0.39, 0.29) is 0 Å². The second-order valence-electron chi connectivity index (χ2n) is 6.26. The minimum absolute atomic E-state index is 0.838. The average molecular weight is 337 g/mol. The second kappa shape index (κ2) is 7.66. The first-order valence-electron chi connectivity index (χ1n) is 8.26. The molecule has 1 heterocycles. The molecule has 2 heteroatoms. The van der Waals surface area contributed by atoms with Crippen molar-refractivity contribution in [2.75, 3.05) is 0 Å². The molecule has 0 fully saturated rings. The van der Waals surface area contributed by atoms with E-state index in [9.17, 15) is 0 Å². The standard InChI is InChI=1S/C23H19NSi/c1-25(2,19-17-21-12-7-4-8-13-21)23-14-9-18-24-22(23)16-15-20-10-5-3-6-11-20/h3-14,18H,1-2H3. The van der Waals surface area contributed by atoms with Gasteiger partial charge in [0, 0.05) is 17.3 Å². The second-order valence-corrected chi connectivity index (χ2v) is 10.3. The Kier molecular flexibility index (Phi) is 5.14. The lowest BCUT2D eigenvalue weighted by molar-refractivity contribution is 1.30. The van der Waals surface area contributed by atoms with Gasteiger partial charge in [0.15, 0.2) is 8.07 Å². The van der Waals surface area contributed by atoms with Crippen LogP contribution in [0.25, 0.3) is 0 Å². The summed E-state index contributed by atoms with van der Waals surface area (Å²) in [4.78, 5) is 4.51. The lowest BCUT2D eigenvalue weighted by Crippen LogP contribution is -2.42. The van der Waals surface area contributed by atoms with Crippen LogP contribution in [0.15, 0.2) is 79.0 Å². The Hall–Kier alpha value is -3.07. The topological polar surface area (TPSA) is 12.9 Å². The number of rotatable bonds is 1. The molecule has 3 aromatic rings. The van der Waals surface area contributed by atoms with Crippen LogP contribution >= 0.6 is 0 Å². The fourth-order valence-electron chi connectivity index (χ4n) is 2.48. The summed E-state index contributed by atoms with van der Waals surface area (Å²) >= 11 is 0. The third-order valence-electron chi connectivity index (χ3n) is 3.87. The third-order valence-corrected chi connectivity index (χ3v) is 6.37. The molecule has 0 aliphatic carbocycles. The fourth-order valence-corrected chi connectivity index (χ4v) is 4.30. The van der Waals surface area contributed by atoms with E-state index in [4.69, 9.17) is 0 Å². The van der Waals surface area contributed by atoms with E-state index in [2.05, 4.69) is 47.4 Å². The highest BCUT2D eigenvalue weighted by Crippen LogP contribution is 2.06. The summed E-state index contributed by atoms with van der Waals surface area (Å²) in [5, 5.41) is 1.18. The molecule has 0 N–H and O–H groups in total. The Labute approximate surface area is 150 Å². The first-order valence-corrected chi connectivity index (χ1v) is 11.3. The predicted molar refractivity (Wildman–Crippen MR) is 107 cm³/mol. The highest BCUT2D eigenvalue weighted by atomic mass is 28.3. The molecular weight excluding hydrogens is 318 g/mol. The number of hydrogen-bond acceptors (Lipinski definition) is 1. The van der Waals surface area contributed by atoms with E-state index >= 15 is 0 Å². The molecule has 1 aromatic heterocycles. The smallest absolute Gasteiger partial charge is 0.166 e. The van der Waals surface area contributed by atoms with Gasteiger partial charge in [0.05, 0.1) is 0 Å². The third kappa shape index (κ3) is 4.48. The minimum Gasteiger partial charge on any atom is -0.248 e. The van der Waals surface area contributed by atoms with Gasteiger partial charge in [0.1, 0.15) is 5.69 Å². The monoisotopic (exact) mass is 337 g/mol. The first kappa shape index (κ1) is 16.8. The van der Waals surface area contributed by atoms with Crippen molar-refractivity contribution in [3.8, 4) is 23.3 Å². The van der Waals surface area contributed by atoms with Crippen LogP contribution < -0.4 is 5.19 Å². The van der Waals surface area contributed by atoms with Crippen molar-refractivity contribution < 1.29 is 0 Å². The highest BCUT2D eigenvalue weighted by molar-refractivity contribution is 6.96. The molecule has 3 rings (SSSR count). The molecule has 0 atom stereocenters. The molecule has 0 saturated carbocycles. The Morgan fingerprint density at radius 1 is 0.680 bits per heavy atom. The van der Waals surface area contributed by atoms with Crippen molar-refractivity contribution in [3.63, 3.8) is 0 Å². The van der Waals surface area contributed by atoms with Crippen LogP contribution in [0.4, 0.5) is 0 Å². The molecular formula is C23H19NSi. The van der Waals surface area contributed by atoms with Gasteiger partial charge < -0.3 is 0 Å². The highest BCUT2D eigenvalue weighted by Gasteiger charge is 2.24. The van der Waals surface area contributed by atoms with Gasteiger partial charge in [0.2, 0.25) is 0 Å². The van der Waals surface area contributed by atoms with Gasteiger partial charge in [0.25, 0.3) is 0 Å². The van der Waals surface area contributed by atoms with Crippen LogP contribution in [0.5, 0.6) is 0 Å². The van der Waals surface area contributed by atoms with Crippen LogP contribution in [0.1, 0.15) is 16.8 Å². The maximum Gasteiger partial charge on any atom is 0.166 e. The van der Waals surface area contributed by atoms with Crippen molar-refractivity contribution in [2.24, 2.45) is 0 Å². The van der Waals surface area contributed by atoms with E-state index in [1.807, 2.05) is 66.7 Å². The molecule has 0 aliphatic rings. The summed E-state index contributed by atoms with van der Waals surface area (Å²) in [6.45, 7) is 4.49. The summed E-state index contributed by atoms with van der Waals surface area (Å²) in [5.41, 5.74) is 6.39. The predicted octanol–water partition coefficient (Wildman–Crippen LogP) is 3.99. The van der Waals surface area contributed by atoms with Crippen molar-refractivity contribution in [1.82, 2.24) is 4.98 Å². The van der Waals surface area contributed by atoms with E-state index in [1.165, 1.54) is 5.19 Å². The molecule has 0 radical (unpaired) electrons. The summed E-state index contributed by atoms with van der Waals surface area (Å²) in [6.07, 6.45) is 1.80. The zero-order valence-electron chi connectivity index (χ0n) is 14.5. The molecule has 25 heavy (non-hydrogen) atoms. The number of aromatic nitrogens is 1. The Morgan fingerprint density at radius 3 is 1.92 bits per heavy atom. The van der Waals surface area contributed by atoms with Crippen LogP contribution in [-0.2, 0) is 0 Å². The zero-order valence-corrected chi connectivity index (χ0v) is 15.5. The quantitative estimate of drug-likeness (QED) is 0.483. The fraction of sp³-hybridized carbons (Fsp3) is 0.0870. The summed E-state index contributed by atoms with van der Waals surface area (Å²) in [7, 11) is -1.97. The van der Waals surface area contributed by atoms with Crippen molar-refractivity contribution in [2.45, 2.75) is 13.1 Å². The minimum atomic E-state index is -1.97. The number of benzene rings is 2. The summed E-state index contributed by atoms with van der Waals surface area (Å²) < 4.78 is 0. The van der Waals surface area contributed by atoms with Gasteiger partial charge >= 0.3 is 0 Å². The normalized spacial score (nSPS) is 10.2. The Bertz CT molecular complexity index is 968. The van der Waals surface area contributed by atoms with Crippen molar-refractivity contribution in [1.29, 1.82) is 0 Å². The first-order chi connectivity index (χ1) is 12.1. The summed E-state index contributed by atoms with van der Waals surface area (Å²) in [5.74, 6) is 9.77. The molecule has 120 valence electrons. The van der Waals surface area contributed by atoms with Crippen molar-refractivity contribution >= 4 is 13.3 Å². The van der Waals surface area contributed by atoms with Crippen LogP contribution in [0.3, 0.4) is 0 Å². The van der Waals surface area contributed by atoms with Gasteiger partial charge in [-0.2, -0.15) is 0 Å². The van der Waals surface area contributed by atoms with Gasteiger partial charge in [-0.1, -0.05) is 67.4 Å². The van der Waals surface area contributed by atoms with Crippen LogP contribution in [0.2, 0.25) is 13.1 Å². The number of nitrogens with zero attached hydrogens (tertiary/aromatic N) is 1. The molecule has 0 amide bonds. The average Bonchev–Trinajstić information content (AvgIpc) is 2.67. The molecule has 2 aromatic carbocycles. The molecule has 0 unspecified atom stereocenters. The molecule has 0 saturated heterocycles. The van der Waals surface area contributed by atoms with Gasteiger partial charge in [-0.15, -0.1) is 5.54 Å². The lowest BCUT2D eigenvalue weighted by Gasteiger charge is -2.16. The SMILES string of the molecule is C[Si](C)(C#Cc1ccccc1)c1cccnc1C#Cc1ccccc1. The van der Waals surface area contributed by atoms with E-state index in [1.54, 1.807) is 6.20 Å². The number of hydrogen-bond donors (Lipinski definition) is 0. The van der Waals surface area contributed by atoms with E-state index < -0.39 is 8.07 Å².